The summed E-state index contributed by atoms with van der Waals surface area (Å²) in [4.78, 5) is 0. The topological polar surface area (TPSA) is 37.4 Å². The Bertz CT molecular complexity index is 649. The van der Waals surface area contributed by atoms with E-state index in [0.29, 0.717) is 6.54 Å². The van der Waals surface area contributed by atoms with Crippen LogP contribution in [0.5, 0.6) is 0 Å². The average molecular weight is 334 g/mol. The monoisotopic (exact) mass is 333 g/mol. The highest BCUT2D eigenvalue weighted by Crippen LogP contribution is 2.29. The molecule has 0 fully saturated rings. The second-order valence-corrected chi connectivity index (χ2v) is 7.84. The molecule has 6 heteroatoms. The molecular weight excluding hydrogens is 322 g/mol. The minimum absolute atomic E-state index is 0.417. The van der Waals surface area contributed by atoms with E-state index in [1.54, 1.807) is 18.4 Å². The number of rotatable bonds is 3. The highest BCUT2D eigenvalue weighted by atomic mass is 79.9. The molecule has 0 aliphatic rings. The Hall–Kier alpha value is -0.430. The normalized spacial score (nSPS) is 12.5. The van der Waals surface area contributed by atoms with Crippen LogP contribution in [0.15, 0.2) is 28.1 Å². The van der Waals surface area contributed by atoms with Crippen LogP contribution in [0.4, 0.5) is 0 Å². The first-order valence-electron chi connectivity index (χ1n) is 4.95. The third kappa shape index (κ3) is 2.88. The second kappa shape index (κ2) is 4.68. The largest absolute Gasteiger partial charge is 0.213 e. The van der Waals surface area contributed by atoms with Crippen molar-refractivity contribution >= 4 is 47.4 Å². The highest BCUT2D eigenvalue weighted by Gasteiger charge is 2.13. The molecule has 0 unspecified atom stereocenters. The molecule has 0 amide bonds. The summed E-state index contributed by atoms with van der Waals surface area (Å²) in [5.41, 5.74) is 1.05. The van der Waals surface area contributed by atoms with Crippen LogP contribution in [0.3, 0.4) is 0 Å². The van der Waals surface area contributed by atoms with Crippen LogP contribution in [-0.2, 0) is 16.6 Å². The highest BCUT2D eigenvalue weighted by molar-refractivity contribution is 9.10. The van der Waals surface area contributed by atoms with Crippen molar-refractivity contribution in [1.29, 1.82) is 0 Å². The Morgan fingerprint density at radius 2 is 2.12 bits per heavy atom. The van der Waals surface area contributed by atoms with Crippen molar-refractivity contribution in [3.8, 4) is 0 Å². The Morgan fingerprint density at radius 1 is 1.41 bits per heavy atom. The van der Waals surface area contributed by atoms with Gasteiger partial charge in [0, 0.05) is 22.8 Å². The fourth-order valence-electron chi connectivity index (χ4n) is 1.54. The van der Waals surface area contributed by atoms with E-state index in [0.717, 1.165) is 20.1 Å². The van der Waals surface area contributed by atoms with E-state index in [1.165, 1.54) is 10.6 Å². The lowest BCUT2D eigenvalue weighted by Crippen LogP contribution is -2.24. The minimum Gasteiger partial charge on any atom is -0.213 e. The number of benzene rings is 1. The van der Waals surface area contributed by atoms with Crippen molar-refractivity contribution in [2.45, 2.75) is 6.54 Å². The maximum Gasteiger partial charge on any atom is 0.211 e. The summed E-state index contributed by atoms with van der Waals surface area (Å²) in [7, 11) is -1.53. The lowest BCUT2D eigenvalue weighted by molar-refractivity contribution is 0.474. The quantitative estimate of drug-likeness (QED) is 0.865. The number of thiophene rings is 1. The summed E-state index contributed by atoms with van der Waals surface area (Å²) in [5, 5.41) is 3.13. The van der Waals surface area contributed by atoms with E-state index in [1.807, 2.05) is 23.6 Å². The van der Waals surface area contributed by atoms with Gasteiger partial charge in [-0.3, -0.25) is 0 Å². The summed E-state index contributed by atoms with van der Waals surface area (Å²) in [6.45, 7) is 0.417. The van der Waals surface area contributed by atoms with Crippen molar-refractivity contribution < 1.29 is 8.42 Å². The molecule has 0 aliphatic heterocycles. The summed E-state index contributed by atoms with van der Waals surface area (Å²) < 4.78 is 26.3. The van der Waals surface area contributed by atoms with Crippen molar-refractivity contribution in [2.24, 2.45) is 0 Å². The Labute approximate surface area is 113 Å². The molecule has 3 nitrogen and oxygen atoms in total. The molecule has 0 saturated carbocycles. The molecule has 92 valence electrons. The van der Waals surface area contributed by atoms with E-state index in [2.05, 4.69) is 15.9 Å². The molecule has 0 spiro atoms. The third-order valence-corrected chi connectivity index (χ3v) is 5.33. The zero-order valence-corrected chi connectivity index (χ0v) is 12.7. The van der Waals surface area contributed by atoms with Gasteiger partial charge in [0.1, 0.15) is 0 Å². The Balaban J connectivity index is 2.38. The summed E-state index contributed by atoms with van der Waals surface area (Å²) in [6.07, 6.45) is 1.22. The second-order valence-electron chi connectivity index (χ2n) is 3.92. The first-order valence-corrected chi connectivity index (χ1v) is 8.47. The van der Waals surface area contributed by atoms with Gasteiger partial charge in [0.25, 0.3) is 0 Å². The van der Waals surface area contributed by atoms with Gasteiger partial charge >= 0.3 is 0 Å². The summed E-state index contributed by atoms with van der Waals surface area (Å²) in [5.74, 6) is 0. The van der Waals surface area contributed by atoms with Crippen LogP contribution in [-0.4, -0.2) is 26.0 Å². The molecule has 17 heavy (non-hydrogen) atoms. The average Bonchev–Trinajstić information content (AvgIpc) is 2.59. The van der Waals surface area contributed by atoms with Gasteiger partial charge < -0.3 is 0 Å². The summed E-state index contributed by atoms with van der Waals surface area (Å²) in [6, 6.07) is 6.03. The van der Waals surface area contributed by atoms with Crippen molar-refractivity contribution in [2.75, 3.05) is 13.3 Å². The van der Waals surface area contributed by atoms with Gasteiger partial charge in [0.2, 0.25) is 10.0 Å². The van der Waals surface area contributed by atoms with E-state index >= 15 is 0 Å². The fraction of sp³-hybridized carbons (Fsp3) is 0.273. The van der Waals surface area contributed by atoms with Crippen molar-refractivity contribution in [1.82, 2.24) is 4.31 Å². The molecule has 2 aromatic rings. The molecule has 0 aliphatic carbocycles. The third-order valence-electron chi connectivity index (χ3n) is 2.58. The molecule has 1 aromatic heterocycles. The molecule has 1 heterocycles. The molecular formula is C11H12BrNO2S2. The van der Waals surface area contributed by atoms with Crippen LogP contribution in [0.25, 0.3) is 10.1 Å². The number of fused-ring (bicyclic) bond motifs is 1. The number of halogens is 1. The predicted molar refractivity (Wildman–Crippen MR) is 75.8 cm³/mol. The first kappa shape index (κ1) is 13.0. The van der Waals surface area contributed by atoms with Crippen molar-refractivity contribution in [3.63, 3.8) is 0 Å². The minimum atomic E-state index is -3.13. The van der Waals surface area contributed by atoms with Gasteiger partial charge in [-0.2, -0.15) is 0 Å². The molecule has 0 saturated heterocycles. The number of hydrogen-bond donors (Lipinski definition) is 0. The lowest BCUT2D eigenvalue weighted by atomic mass is 10.2. The zero-order valence-electron chi connectivity index (χ0n) is 9.47. The van der Waals surface area contributed by atoms with Crippen LogP contribution in [0, 0.1) is 0 Å². The van der Waals surface area contributed by atoms with Gasteiger partial charge in [0.05, 0.1) is 6.26 Å². The van der Waals surface area contributed by atoms with Gasteiger partial charge in [-0.25, -0.2) is 12.7 Å². The molecule has 0 bridgehead atoms. The van der Waals surface area contributed by atoms with Gasteiger partial charge in [-0.1, -0.05) is 22.0 Å². The van der Waals surface area contributed by atoms with Gasteiger partial charge in [-0.15, -0.1) is 11.3 Å². The SMILES string of the molecule is CN(Cc1csc2cc(Br)ccc12)S(C)(=O)=O. The van der Waals surface area contributed by atoms with Crippen LogP contribution < -0.4 is 0 Å². The van der Waals surface area contributed by atoms with Crippen LogP contribution >= 0.6 is 27.3 Å². The van der Waals surface area contributed by atoms with E-state index < -0.39 is 10.0 Å². The molecule has 2 rings (SSSR count). The number of sulfonamides is 1. The van der Waals surface area contributed by atoms with Crippen LogP contribution in [0.2, 0.25) is 0 Å². The summed E-state index contributed by atoms with van der Waals surface area (Å²) >= 11 is 5.05. The van der Waals surface area contributed by atoms with Gasteiger partial charge in [-0.05, 0) is 28.5 Å². The standard InChI is InChI=1S/C11H12BrNO2S2/c1-13(17(2,14)15)6-8-7-16-11-5-9(12)3-4-10(8)11/h3-5,7H,6H2,1-2H3. The van der Waals surface area contributed by atoms with E-state index in [9.17, 15) is 8.42 Å². The Kier molecular flexibility index (Phi) is 3.58. The van der Waals surface area contributed by atoms with E-state index in [4.69, 9.17) is 0 Å². The zero-order chi connectivity index (χ0) is 12.6. The maximum absolute atomic E-state index is 11.4. The number of nitrogens with zero attached hydrogens (tertiary/aromatic N) is 1. The van der Waals surface area contributed by atoms with E-state index in [-0.39, 0.29) is 0 Å². The van der Waals surface area contributed by atoms with Gasteiger partial charge in [0.15, 0.2) is 0 Å². The first-order chi connectivity index (χ1) is 7.88. The number of hydrogen-bond acceptors (Lipinski definition) is 3. The molecule has 0 radical (unpaired) electrons. The molecule has 0 atom stereocenters. The molecule has 0 N–H and O–H groups in total. The Morgan fingerprint density at radius 3 is 2.76 bits per heavy atom. The molecule has 1 aromatic carbocycles. The smallest absolute Gasteiger partial charge is 0.211 e. The lowest BCUT2D eigenvalue weighted by Gasteiger charge is -2.13. The van der Waals surface area contributed by atoms with Crippen LogP contribution in [0.1, 0.15) is 5.56 Å². The van der Waals surface area contributed by atoms with Crippen molar-refractivity contribution in [3.05, 3.63) is 33.6 Å². The maximum atomic E-state index is 11.4. The predicted octanol–water partition coefficient (Wildman–Crippen LogP) is 3.06. The fourth-order valence-corrected chi connectivity index (χ4v) is 3.41.